The highest BCUT2D eigenvalue weighted by molar-refractivity contribution is 6.35. The van der Waals surface area contributed by atoms with Crippen molar-refractivity contribution in [2.24, 2.45) is 0 Å². The number of amides is 3. The highest BCUT2D eigenvalue weighted by Crippen LogP contribution is 2.22. The number of rotatable bonds is 4. The van der Waals surface area contributed by atoms with Crippen LogP contribution in [0.5, 0.6) is 0 Å². The zero-order chi connectivity index (χ0) is 17.8. The van der Waals surface area contributed by atoms with Gasteiger partial charge in [0.2, 0.25) is 0 Å². The summed E-state index contributed by atoms with van der Waals surface area (Å²) in [5.41, 5.74) is 1.11. The zero-order valence-corrected chi connectivity index (χ0v) is 14.3. The fourth-order valence-electron chi connectivity index (χ4n) is 3.12. The van der Waals surface area contributed by atoms with Gasteiger partial charge in [-0.3, -0.25) is 14.3 Å². The molecule has 2 aliphatic heterocycles. The van der Waals surface area contributed by atoms with Crippen LogP contribution in [0.2, 0.25) is 0 Å². The molecule has 1 N–H and O–H groups in total. The molecule has 3 amide bonds. The van der Waals surface area contributed by atoms with Gasteiger partial charge in [-0.2, -0.15) is 5.10 Å². The molecule has 0 atom stereocenters. The minimum Gasteiger partial charge on any atom is -0.448 e. The van der Waals surface area contributed by atoms with Gasteiger partial charge < -0.3 is 19.9 Å². The van der Waals surface area contributed by atoms with E-state index in [-0.39, 0.29) is 18.7 Å². The minimum absolute atomic E-state index is 0.239. The normalized spacial score (nSPS) is 18.4. The van der Waals surface area contributed by atoms with E-state index in [0.29, 0.717) is 32.8 Å². The van der Waals surface area contributed by atoms with Gasteiger partial charge in [-0.25, -0.2) is 4.79 Å². The number of aryl methyl sites for hydroxylation is 1. The van der Waals surface area contributed by atoms with E-state index >= 15 is 0 Å². The van der Waals surface area contributed by atoms with Gasteiger partial charge in [-0.15, -0.1) is 0 Å². The third kappa shape index (κ3) is 4.09. The molecule has 1 aromatic heterocycles. The highest BCUT2D eigenvalue weighted by atomic mass is 16.6. The third-order valence-electron chi connectivity index (χ3n) is 4.56. The average Bonchev–Trinajstić information content (AvgIpc) is 3.23. The summed E-state index contributed by atoms with van der Waals surface area (Å²) in [6.45, 7) is 4.54. The summed E-state index contributed by atoms with van der Waals surface area (Å²) in [5.74, 6) is -1.14. The lowest BCUT2D eigenvalue weighted by molar-refractivity contribution is -0.146. The van der Waals surface area contributed by atoms with Crippen molar-refractivity contribution in [1.29, 1.82) is 0 Å². The summed E-state index contributed by atoms with van der Waals surface area (Å²) < 4.78 is 6.74. The second-order valence-corrected chi connectivity index (χ2v) is 6.38. The first-order chi connectivity index (χ1) is 12.0. The first kappa shape index (κ1) is 17.2. The van der Waals surface area contributed by atoms with Gasteiger partial charge in [0.1, 0.15) is 6.61 Å². The van der Waals surface area contributed by atoms with E-state index < -0.39 is 11.8 Å². The molecule has 25 heavy (non-hydrogen) atoms. The van der Waals surface area contributed by atoms with Crippen molar-refractivity contribution in [1.82, 2.24) is 24.9 Å². The van der Waals surface area contributed by atoms with Crippen molar-refractivity contribution >= 4 is 17.9 Å². The fraction of sp³-hybridized carbons (Fsp3) is 0.625. The van der Waals surface area contributed by atoms with E-state index in [9.17, 15) is 14.4 Å². The molecular weight excluding hydrogens is 326 g/mol. The van der Waals surface area contributed by atoms with Crippen LogP contribution in [0, 0.1) is 6.92 Å². The Kier molecular flexibility index (Phi) is 5.20. The molecule has 0 saturated carbocycles. The maximum absolute atomic E-state index is 12.2. The second kappa shape index (κ2) is 7.54. The molecule has 1 aromatic rings. The van der Waals surface area contributed by atoms with Crippen LogP contribution < -0.4 is 5.32 Å². The molecule has 2 fully saturated rings. The number of carbonyl (C=O) groups is 3. The lowest BCUT2D eigenvalue weighted by atomic mass is 10.1. The molecule has 3 heterocycles. The van der Waals surface area contributed by atoms with Crippen LogP contribution >= 0.6 is 0 Å². The zero-order valence-electron chi connectivity index (χ0n) is 14.3. The number of aromatic nitrogens is 2. The lowest BCUT2D eigenvalue weighted by Crippen LogP contribution is -2.48. The van der Waals surface area contributed by atoms with E-state index in [1.807, 2.05) is 24.0 Å². The predicted molar refractivity (Wildman–Crippen MR) is 87.7 cm³/mol. The Bertz CT molecular complexity index is 651. The maximum Gasteiger partial charge on any atom is 0.409 e. The number of likely N-dealkylation sites (tertiary alicyclic amines) is 1. The first-order valence-electron chi connectivity index (χ1n) is 8.54. The average molecular weight is 349 g/mol. The Morgan fingerprint density at radius 2 is 2.08 bits per heavy atom. The number of carbonyl (C=O) groups excluding carboxylic acids is 3. The van der Waals surface area contributed by atoms with Crippen molar-refractivity contribution in [2.75, 3.05) is 39.3 Å². The summed E-state index contributed by atoms with van der Waals surface area (Å²) in [6, 6.07) is 0.266. The summed E-state index contributed by atoms with van der Waals surface area (Å²) in [5, 5.41) is 6.90. The Balaban J connectivity index is 1.40. The maximum atomic E-state index is 12.2. The van der Waals surface area contributed by atoms with Crippen LogP contribution in [0.25, 0.3) is 0 Å². The van der Waals surface area contributed by atoms with Crippen LogP contribution in [0.3, 0.4) is 0 Å². The van der Waals surface area contributed by atoms with E-state index in [1.54, 1.807) is 4.90 Å². The molecule has 136 valence electrons. The number of piperidine rings is 1. The van der Waals surface area contributed by atoms with Crippen LogP contribution in [-0.2, 0) is 14.3 Å². The summed E-state index contributed by atoms with van der Waals surface area (Å²) >= 11 is 0. The van der Waals surface area contributed by atoms with E-state index in [4.69, 9.17) is 4.74 Å². The number of ether oxygens (including phenoxy) is 1. The molecule has 9 heteroatoms. The molecule has 2 aliphatic rings. The first-order valence-corrected chi connectivity index (χ1v) is 8.54. The topological polar surface area (TPSA) is 96.8 Å². The predicted octanol–water partition coefficient (Wildman–Crippen LogP) is -0.0766. The monoisotopic (exact) mass is 349 g/mol. The largest absolute Gasteiger partial charge is 0.448 e. The SMILES string of the molecule is Cc1cnn(C2CCN(C(=O)C(=O)NCCN3CCOC3=O)CC2)c1. The Labute approximate surface area is 145 Å². The van der Waals surface area contributed by atoms with Crippen LogP contribution in [0.4, 0.5) is 4.79 Å². The molecule has 0 aliphatic carbocycles. The van der Waals surface area contributed by atoms with Crippen molar-refractivity contribution in [2.45, 2.75) is 25.8 Å². The quantitative estimate of drug-likeness (QED) is 0.767. The van der Waals surface area contributed by atoms with Gasteiger partial charge in [-0.05, 0) is 25.3 Å². The molecule has 0 unspecified atom stereocenters. The molecule has 0 radical (unpaired) electrons. The second-order valence-electron chi connectivity index (χ2n) is 6.38. The van der Waals surface area contributed by atoms with E-state index in [1.165, 1.54) is 4.90 Å². The van der Waals surface area contributed by atoms with Gasteiger partial charge >= 0.3 is 17.9 Å². The number of hydrogen-bond donors (Lipinski definition) is 1. The van der Waals surface area contributed by atoms with Gasteiger partial charge in [-0.1, -0.05) is 0 Å². The molecule has 0 spiro atoms. The third-order valence-corrected chi connectivity index (χ3v) is 4.56. The van der Waals surface area contributed by atoms with Crippen LogP contribution in [-0.4, -0.2) is 76.8 Å². The number of nitrogens with one attached hydrogen (secondary N) is 1. The summed E-state index contributed by atoms with van der Waals surface area (Å²) in [7, 11) is 0. The number of cyclic esters (lactones) is 1. The van der Waals surface area contributed by atoms with E-state index in [0.717, 1.165) is 18.4 Å². The van der Waals surface area contributed by atoms with Crippen LogP contribution in [0.1, 0.15) is 24.4 Å². The van der Waals surface area contributed by atoms with Crippen molar-refractivity contribution in [3.63, 3.8) is 0 Å². The van der Waals surface area contributed by atoms with Gasteiger partial charge in [0.25, 0.3) is 0 Å². The van der Waals surface area contributed by atoms with Crippen molar-refractivity contribution in [3.05, 3.63) is 18.0 Å². The summed E-state index contributed by atoms with van der Waals surface area (Å²) in [6.07, 6.45) is 5.00. The molecule has 9 nitrogen and oxygen atoms in total. The van der Waals surface area contributed by atoms with Crippen molar-refractivity contribution in [3.8, 4) is 0 Å². The molecular formula is C16H23N5O4. The molecule has 2 saturated heterocycles. The van der Waals surface area contributed by atoms with Gasteiger partial charge in [0.15, 0.2) is 0 Å². The Hall–Kier alpha value is -2.58. The van der Waals surface area contributed by atoms with Gasteiger partial charge in [0, 0.05) is 32.4 Å². The minimum atomic E-state index is -0.624. The highest BCUT2D eigenvalue weighted by Gasteiger charge is 2.28. The fourth-order valence-corrected chi connectivity index (χ4v) is 3.12. The Morgan fingerprint density at radius 1 is 1.32 bits per heavy atom. The van der Waals surface area contributed by atoms with Crippen molar-refractivity contribution < 1.29 is 19.1 Å². The standard InChI is InChI=1S/C16H23N5O4/c1-12-10-18-21(11-12)13-2-5-19(6-3-13)15(23)14(22)17-4-7-20-8-9-25-16(20)24/h10-11,13H,2-9H2,1H3,(H,17,22). The number of nitrogens with zero attached hydrogens (tertiary/aromatic N) is 4. The molecule has 0 bridgehead atoms. The van der Waals surface area contributed by atoms with Gasteiger partial charge in [0.05, 0.1) is 18.8 Å². The smallest absolute Gasteiger partial charge is 0.409 e. The Morgan fingerprint density at radius 3 is 2.68 bits per heavy atom. The lowest BCUT2D eigenvalue weighted by Gasteiger charge is -2.31. The summed E-state index contributed by atoms with van der Waals surface area (Å²) in [4.78, 5) is 38.6. The number of hydrogen-bond acceptors (Lipinski definition) is 5. The molecule has 3 rings (SSSR count). The molecule has 0 aromatic carbocycles. The van der Waals surface area contributed by atoms with E-state index in [2.05, 4.69) is 10.4 Å². The van der Waals surface area contributed by atoms with Crippen LogP contribution in [0.15, 0.2) is 12.4 Å².